The van der Waals surface area contributed by atoms with Gasteiger partial charge in [0.2, 0.25) is 11.8 Å². The number of aromatic nitrogens is 2. The second kappa shape index (κ2) is 9.90. The fourth-order valence-corrected chi connectivity index (χ4v) is 5.32. The molecule has 0 bridgehead atoms. The van der Waals surface area contributed by atoms with Gasteiger partial charge in [0.05, 0.1) is 23.5 Å². The van der Waals surface area contributed by atoms with E-state index in [0.29, 0.717) is 51.4 Å². The van der Waals surface area contributed by atoms with Gasteiger partial charge in [-0.2, -0.15) is 0 Å². The number of nitrogens with zero attached hydrogens (tertiary/aromatic N) is 4. The molecule has 2 aromatic carbocycles. The molecule has 35 heavy (non-hydrogen) atoms. The van der Waals surface area contributed by atoms with Crippen LogP contribution in [-0.4, -0.2) is 52.4 Å². The molecule has 2 aliphatic rings. The molecule has 0 radical (unpaired) electrons. The molecular weight excluding hydrogens is 442 g/mol. The normalized spacial score (nSPS) is 19.1. The third kappa shape index (κ3) is 4.78. The van der Waals surface area contributed by atoms with Gasteiger partial charge < -0.3 is 15.5 Å². The summed E-state index contributed by atoms with van der Waals surface area (Å²) in [7, 11) is 0. The zero-order valence-electron chi connectivity index (χ0n) is 19.8. The van der Waals surface area contributed by atoms with E-state index in [2.05, 4.69) is 0 Å². The minimum Gasteiger partial charge on any atom is -0.369 e. The lowest BCUT2D eigenvalue weighted by atomic mass is 9.92. The van der Waals surface area contributed by atoms with Crippen molar-refractivity contribution in [1.82, 2.24) is 14.5 Å². The lowest BCUT2D eigenvalue weighted by Gasteiger charge is -2.37. The molecule has 0 spiro atoms. The van der Waals surface area contributed by atoms with Crippen LogP contribution >= 0.6 is 0 Å². The van der Waals surface area contributed by atoms with Crippen LogP contribution in [0.15, 0.2) is 59.4 Å². The fraction of sp³-hybridized carbons (Fsp3) is 0.407. The summed E-state index contributed by atoms with van der Waals surface area (Å²) in [6.45, 7) is 2.74. The Morgan fingerprint density at radius 1 is 0.914 bits per heavy atom. The molecule has 182 valence electrons. The number of hydrogen-bond acceptors (Lipinski definition) is 5. The fourth-order valence-electron chi connectivity index (χ4n) is 5.32. The number of carbonyl (C=O) groups is 2. The van der Waals surface area contributed by atoms with Crippen LogP contribution in [0.25, 0.3) is 11.0 Å². The second-order valence-electron chi connectivity index (χ2n) is 9.59. The third-order valence-electron chi connectivity index (χ3n) is 7.30. The molecule has 2 saturated heterocycles. The predicted octanol–water partition coefficient (Wildman–Crippen LogP) is 2.39. The van der Waals surface area contributed by atoms with Gasteiger partial charge >= 0.3 is 0 Å². The Morgan fingerprint density at radius 3 is 2.37 bits per heavy atom. The monoisotopic (exact) mass is 473 g/mol. The Kier molecular flexibility index (Phi) is 6.53. The number of carbonyl (C=O) groups excluding carboxylic acids is 2. The number of amides is 2. The average molecular weight is 474 g/mol. The van der Waals surface area contributed by atoms with Gasteiger partial charge in [0.25, 0.3) is 5.56 Å². The number of likely N-dealkylation sites (tertiary alicyclic amines) is 1. The molecule has 1 atom stereocenters. The summed E-state index contributed by atoms with van der Waals surface area (Å²) in [6, 6.07) is 17.6. The van der Waals surface area contributed by atoms with Crippen LogP contribution < -0.4 is 16.2 Å². The number of anilines is 1. The van der Waals surface area contributed by atoms with Gasteiger partial charge in [0.1, 0.15) is 0 Å². The van der Waals surface area contributed by atoms with E-state index in [0.717, 1.165) is 29.4 Å². The van der Waals surface area contributed by atoms with Crippen molar-refractivity contribution in [1.29, 1.82) is 0 Å². The Hall–Kier alpha value is -3.68. The smallest absolute Gasteiger partial charge is 0.294 e. The van der Waals surface area contributed by atoms with Crippen molar-refractivity contribution in [3.05, 3.63) is 70.5 Å². The second-order valence-corrected chi connectivity index (χ2v) is 9.59. The van der Waals surface area contributed by atoms with E-state index >= 15 is 0 Å². The number of fused-ring (bicyclic) bond motifs is 1. The van der Waals surface area contributed by atoms with Crippen molar-refractivity contribution >= 4 is 28.7 Å². The molecule has 0 unspecified atom stereocenters. The van der Waals surface area contributed by atoms with E-state index in [9.17, 15) is 14.4 Å². The number of rotatable bonds is 5. The lowest BCUT2D eigenvalue weighted by Crippen LogP contribution is -2.49. The molecule has 1 aromatic heterocycles. The van der Waals surface area contributed by atoms with Crippen molar-refractivity contribution in [2.24, 2.45) is 17.6 Å². The summed E-state index contributed by atoms with van der Waals surface area (Å²) in [5.74, 6) is -0.112. The number of nitrogens with two attached hydrogens (primary N) is 1. The number of hydrogen-bond donors (Lipinski definition) is 1. The van der Waals surface area contributed by atoms with Crippen LogP contribution in [0.4, 0.5) is 5.82 Å². The lowest BCUT2D eigenvalue weighted by molar-refractivity contribution is -0.138. The van der Waals surface area contributed by atoms with Crippen LogP contribution in [0, 0.1) is 11.8 Å². The van der Waals surface area contributed by atoms with Crippen molar-refractivity contribution < 1.29 is 9.59 Å². The minimum absolute atomic E-state index is 0.100. The first kappa shape index (κ1) is 23.1. The highest BCUT2D eigenvalue weighted by molar-refractivity contribution is 5.81. The first-order valence-corrected chi connectivity index (χ1v) is 12.4. The van der Waals surface area contributed by atoms with Crippen molar-refractivity contribution in [2.45, 2.75) is 32.2 Å². The van der Waals surface area contributed by atoms with Crippen LogP contribution in [-0.2, 0) is 16.1 Å². The van der Waals surface area contributed by atoms with Gasteiger partial charge in [-0.1, -0.05) is 42.5 Å². The Labute approximate surface area is 204 Å². The molecule has 0 aliphatic carbocycles. The van der Waals surface area contributed by atoms with E-state index < -0.39 is 0 Å². The maximum Gasteiger partial charge on any atom is 0.294 e. The molecule has 3 aromatic rings. The summed E-state index contributed by atoms with van der Waals surface area (Å²) >= 11 is 0. The minimum atomic E-state index is -0.282. The van der Waals surface area contributed by atoms with Gasteiger partial charge in [0, 0.05) is 32.1 Å². The Balaban J connectivity index is 1.40. The highest BCUT2D eigenvalue weighted by atomic mass is 16.2. The average Bonchev–Trinajstić information content (AvgIpc) is 2.90. The van der Waals surface area contributed by atoms with Crippen LogP contribution in [0.3, 0.4) is 0 Å². The molecule has 0 saturated carbocycles. The molecule has 5 rings (SSSR count). The third-order valence-corrected chi connectivity index (χ3v) is 7.30. The molecule has 8 nitrogen and oxygen atoms in total. The van der Waals surface area contributed by atoms with Crippen LogP contribution in [0.1, 0.15) is 31.2 Å². The Morgan fingerprint density at radius 2 is 1.63 bits per heavy atom. The highest BCUT2D eigenvalue weighted by Gasteiger charge is 2.33. The standard InChI is InChI=1S/C27H31N5O3/c28-24(33)20-12-15-30(16-13-20)26(34)21-9-6-14-31(18-21)25-27(35)32(17-19-7-2-1-3-8-19)23-11-5-4-10-22(23)29-25/h1-5,7-8,10-11,20-21H,6,9,12-18H2,(H2,28,33)/t21-/m0/s1. The quantitative estimate of drug-likeness (QED) is 0.613. The first-order chi connectivity index (χ1) is 17.0. The van der Waals surface area contributed by atoms with Crippen molar-refractivity contribution in [3.63, 3.8) is 0 Å². The van der Waals surface area contributed by atoms with Crippen molar-refractivity contribution in [2.75, 3.05) is 31.1 Å². The largest absolute Gasteiger partial charge is 0.369 e. The summed E-state index contributed by atoms with van der Waals surface area (Å²) in [4.78, 5) is 47.0. The first-order valence-electron chi connectivity index (χ1n) is 12.4. The van der Waals surface area contributed by atoms with E-state index in [1.807, 2.05) is 64.4 Å². The highest BCUT2D eigenvalue weighted by Crippen LogP contribution is 2.25. The van der Waals surface area contributed by atoms with Crippen molar-refractivity contribution in [3.8, 4) is 0 Å². The SMILES string of the molecule is NC(=O)C1CCN(C(=O)[C@H]2CCCN(c3nc4ccccc4n(Cc4ccccc4)c3=O)C2)CC1. The molecule has 2 fully saturated rings. The van der Waals surface area contributed by atoms with E-state index in [4.69, 9.17) is 10.7 Å². The topological polar surface area (TPSA) is 102 Å². The van der Waals surface area contributed by atoms with Gasteiger partial charge in [-0.05, 0) is 43.4 Å². The van der Waals surface area contributed by atoms with Gasteiger partial charge in [-0.25, -0.2) is 4.98 Å². The van der Waals surface area contributed by atoms with Gasteiger partial charge in [-0.15, -0.1) is 0 Å². The van der Waals surface area contributed by atoms with Crippen LogP contribution in [0.2, 0.25) is 0 Å². The molecule has 2 aliphatic heterocycles. The van der Waals surface area contributed by atoms with E-state index in [1.165, 1.54) is 0 Å². The summed E-state index contributed by atoms with van der Waals surface area (Å²) in [6.07, 6.45) is 2.85. The number of benzene rings is 2. The molecule has 8 heteroatoms. The summed E-state index contributed by atoms with van der Waals surface area (Å²) < 4.78 is 1.78. The summed E-state index contributed by atoms with van der Waals surface area (Å²) in [5, 5.41) is 0. The molecular formula is C27H31N5O3. The zero-order valence-corrected chi connectivity index (χ0v) is 19.8. The number of primary amides is 1. The number of piperidine rings is 2. The number of para-hydroxylation sites is 2. The Bertz CT molecular complexity index is 1280. The zero-order chi connectivity index (χ0) is 24.4. The predicted molar refractivity (Wildman–Crippen MR) is 135 cm³/mol. The van der Waals surface area contributed by atoms with Crippen LogP contribution in [0.5, 0.6) is 0 Å². The maximum absolute atomic E-state index is 13.7. The summed E-state index contributed by atoms with van der Waals surface area (Å²) in [5.41, 5.74) is 7.91. The van der Waals surface area contributed by atoms with Gasteiger partial charge in [-0.3, -0.25) is 19.0 Å². The maximum atomic E-state index is 13.7. The van der Waals surface area contributed by atoms with E-state index in [1.54, 1.807) is 4.57 Å². The van der Waals surface area contributed by atoms with Gasteiger partial charge in [0.15, 0.2) is 5.82 Å². The molecule has 2 N–H and O–H groups in total. The van der Waals surface area contributed by atoms with E-state index in [-0.39, 0.29) is 29.2 Å². The molecule has 2 amide bonds. The molecule has 3 heterocycles.